The molecule has 0 atom stereocenters. The molecule has 3 aromatic rings. The second-order valence-corrected chi connectivity index (χ2v) is 12.0. The number of hydrogen-bond donors (Lipinski definition) is 2. The molecule has 2 N–H and O–H groups in total. The van der Waals surface area contributed by atoms with Gasteiger partial charge in [0.15, 0.2) is 5.75 Å². The molecule has 44 heavy (non-hydrogen) atoms. The summed E-state index contributed by atoms with van der Waals surface area (Å²) >= 11 is 12.7. The van der Waals surface area contributed by atoms with Crippen molar-refractivity contribution in [2.45, 2.75) is 5.03 Å². The molecule has 240 valence electrons. The SMILES string of the molecule is O=C(O)c1ccccc1Nc1cc(Cl)c(OCCOCCOCCOCCOCCOCCSSc2ccccn2)c(Cl)c1. The number of carboxylic acid groups (broad SMARTS) is 1. The first-order valence-corrected chi connectivity index (χ1v) is 16.9. The summed E-state index contributed by atoms with van der Waals surface area (Å²) in [5.41, 5.74) is 1.09. The van der Waals surface area contributed by atoms with Crippen molar-refractivity contribution in [3.8, 4) is 5.75 Å². The second-order valence-electron chi connectivity index (χ2n) is 8.73. The minimum Gasteiger partial charge on any atom is -0.488 e. The fourth-order valence-electron chi connectivity index (χ4n) is 3.48. The van der Waals surface area contributed by atoms with Gasteiger partial charge in [0.25, 0.3) is 0 Å². The number of halogens is 2. The molecule has 1 aromatic heterocycles. The van der Waals surface area contributed by atoms with Gasteiger partial charge in [-0.2, -0.15) is 0 Å². The third-order valence-corrected chi connectivity index (χ3v) is 8.28. The summed E-state index contributed by atoms with van der Waals surface area (Å²) in [7, 11) is 3.36. The maximum Gasteiger partial charge on any atom is 0.337 e. The highest BCUT2D eigenvalue weighted by Crippen LogP contribution is 2.37. The first-order valence-electron chi connectivity index (χ1n) is 13.8. The summed E-state index contributed by atoms with van der Waals surface area (Å²) in [6.45, 7) is 5.07. The van der Waals surface area contributed by atoms with Gasteiger partial charge in [-0.15, -0.1) is 0 Å². The van der Waals surface area contributed by atoms with Gasteiger partial charge in [0.2, 0.25) is 0 Å². The zero-order chi connectivity index (χ0) is 31.2. The molecule has 0 spiro atoms. The lowest BCUT2D eigenvalue weighted by Crippen LogP contribution is -2.14. The van der Waals surface area contributed by atoms with Gasteiger partial charge in [0, 0.05) is 17.6 Å². The Morgan fingerprint density at radius 2 is 1.30 bits per heavy atom. The molecule has 0 bridgehead atoms. The molecule has 0 fully saturated rings. The maximum absolute atomic E-state index is 11.4. The van der Waals surface area contributed by atoms with E-state index < -0.39 is 5.97 Å². The van der Waals surface area contributed by atoms with Crippen LogP contribution in [0.3, 0.4) is 0 Å². The molecule has 0 aliphatic rings. The Labute approximate surface area is 275 Å². The van der Waals surface area contributed by atoms with Crippen LogP contribution >= 0.6 is 44.8 Å². The van der Waals surface area contributed by atoms with Gasteiger partial charge in [-0.25, -0.2) is 9.78 Å². The number of pyridine rings is 1. The molecule has 0 radical (unpaired) electrons. The number of aromatic nitrogens is 1. The number of carbonyl (C=O) groups is 1. The molecule has 10 nitrogen and oxygen atoms in total. The van der Waals surface area contributed by atoms with E-state index in [0.29, 0.717) is 83.2 Å². The minimum atomic E-state index is -1.04. The lowest BCUT2D eigenvalue weighted by molar-refractivity contribution is -0.0118. The molecule has 0 unspecified atom stereocenters. The number of aromatic carboxylic acids is 1. The second kappa shape index (κ2) is 22.3. The molecule has 1 heterocycles. The molecule has 14 heteroatoms. The van der Waals surface area contributed by atoms with Crippen molar-refractivity contribution in [2.75, 3.05) is 83.7 Å². The Balaban J connectivity index is 1.11. The van der Waals surface area contributed by atoms with Gasteiger partial charge in [0.1, 0.15) is 11.6 Å². The molecular weight excluding hydrogens is 651 g/mol. The van der Waals surface area contributed by atoms with Crippen molar-refractivity contribution in [2.24, 2.45) is 0 Å². The fraction of sp³-hybridized carbons (Fsp3) is 0.400. The van der Waals surface area contributed by atoms with E-state index in [1.165, 1.54) is 6.07 Å². The number of benzene rings is 2. The van der Waals surface area contributed by atoms with Crippen molar-refractivity contribution < 1.29 is 38.3 Å². The molecule has 0 saturated carbocycles. The molecule has 0 aliphatic heterocycles. The van der Waals surface area contributed by atoms with E-state index in [2.05, 4.69) is 10.3 Å². The highest BCUT2D eigenvalue weighted by Gasteiger charge is 2.13. The zero-order valence-electron chi connectivity index (χ0n) is 24.1. The molecule has 0 amide bonds. The summed E-state index contributed by atoms with van der Waals surface area (Å²) in [6, 6.07) is 15.7. The summed E-state index contributed by atoms with van der Waals surface area (Å²) in [5, 5.41) is 14.0. The predicted octanol–water partition coefficient (Wildman–Crippen LogP) is 6.73. The lowest BCUT2D eigenvalue weighted by atomic mass is 10.1. The summed E-state index contributed by atoms with van der Waals surface area (Å²) in [6.07, 6.45) is 1.79. The van der Waals surface area contributed by atoms with Crippen molar-refractivity contribution in [3.05, 3.63) is 76.4 Å². The highest BCUT2D eigenvalue weighted by atomic mass is 35.5. The van der Waals surface area contributed by atoms with Crippen LogP contribution in [-0.4, -0.2) is 94.5 Å². The van der Waals surface area contributed by atoms with Crippen LogP contribution in [0, 0.1) is 0 Å². The van der Waals surface area contributed by atoms with E-state index in [0.717, 1.165) is 10.8 Å². The monoisotopic (exact) mass is 686 g/mol. The first kappa shape index (κ1) is 36.2. The topological polar surface area (TPSA) is 118 Å². The molecule has 0 saturated heterocycles. The number of nitrogens with one attached hydrogen (secondary N) is 1. The van der Waals surface area contributed by atoms with E-state index in [-0.39, 0.29) is 22.2 Å². The van der Waals surface area contributed by atoms with Crippen LogP contribution in [0.2, 0.25) is 10.0 Å². The number of carboxylic acids is 1. The Bertz CT molecular complexity index is 1220. The minimum absolute atomic E-state index is 0.134. The Kier molecular flexibility index (Phi) is 18.3. The standard InChI is InChI=1S/C30H36Cl2N2O8S2/c31-25-21-23(34-27-6-2-1-5-24(27)30(35)36)22-26(32)29(25)42-18-17-40-14-13-38-10-9-37-11-12-39-15-16-41-19-20-43-44-28-7-3-4-8-33-28/h1-8,21-22,34H,9-20H2,(H,35,36). The van der Waals surface area contributed by atoms with E-state index in [1.807, 2.05) is 18.2 Å². The molecular formula is C30H36Cl2N2O8S2. The number of para-hydroxylation sites is 1. The van der Waals surface area contributed by atoms with Gasteiger partial charge >= 0.3 is 5.97 Å². The van der Waals surface area contributed by atoms with Gasteiger partial charge in [-0.1, -0.05) is 52.2 Å². The van der Waals surface area contributed by atoms with Crippen molar-refractivity contribution in [3.63, 3.8) is 0 Å². The maximum atomic E-state index is 11.4. The number of rotatable bonds is 24. The van der Waals surface area contributed by atoms with Crippen LogP contribution < -0.4 is 10.1 Å². The number of ether oxygens (including phenoxy) is 6. The number of anilines is 2. The fourth-order valence-corrected chi connectivity index (χ4v) is 5.82. The molecule has 0 aliphatic carbocycles. The smallest absolute Gasteiger partial charge is 0.337 e. The van der Waals surface area contributed by atoms with Gasteiger partial charge in [-0.05, 0) is 47.2 Å². The van der Waals surface area contributed by atoms with Crippen LogP contribution in [0.25, 0.3) is 0 Å². The first-order chi connectivity index (χ1) is 21.5. The van der Waals surface area contributed by atoms with Gasteiger partial charge < -0.3 is 38.8 Å². The Hall–Kier alpha value is -2.26. The normalized spacial score (nSPS) is 11.0. The summed E-state index contributed by atoms with van der Waals surface area (Å²) in [5.74, 6) is 0.168. The number of nitrogens with zero attached hydrogens (tertiary/aromatic N) is 1. The Morgan fingerprint density at radius 1 is 0.750 bits per heavy atom. The lowest BCUT2D eigenvalue weighted by Gasteiger charge is -2.14. The number of hydrogen-bond acceptors (Lipinski definition) is 11. The predicted molar refractivity (Wildman–Crippen MR) is 175 cm³/mol. The Morgan fingerprint density at radius 3 is 1.86 bits per heavy atom. The summed E-state index contributed by atoms with van der Waals surface area (Å²) < 4.78 is 33.2. The average molecular weight is 688 g/mol. The highest BCUT2D eigenvalue weighted by molar-refractivity contribution is 8.76. The molecule has 3 rings (SSSR count). The van der Waals surface area contributed by atoms with E-state index >= 15 is 0 Å². The summed E-state index contributed by atoms with van der Waals surface area (Å²) in [4.78, 5) is 15.7. The van der Waals surface area contributed by atoms with Crippen LogP contribution in [0.15, 0.2) is 65.8 Å². The van der Waals surface area contributed by atoms with Crippen molar-refractivity contribution >= 4 is 62.1 Å². The van der Waals surface area contributed by atoms with Crippen LogP contribution in [-0.2, 0) is 23.7 Å². The van der Waals surface area contributed by atoms with Crippen LogP contribution in [0.1, 0.15) is 10.4 Å². The average Bonchev–Trinajstić information content (AvgIpc) is 3.02. The zero-order valence-corrected chi connectivity index (χ0v) is 27.2. The third kappa shape index (κ3) is 14.7. The van der Waals surface area contributed by atoms with Gasteiger partial charge in [-0.3, -0.25) is 0 Å². The van der Waals surface area contributed by atoms with E-state index in [9.17, 15) is 9.90 Å². The van der Waals surface area contributed by atoms with Crippen LogP contribution in [0.5, 0.6) is 5.75 Å². The third-order valence-electron chi connectivity index (χ3n) is 5.49. The van der Waals surface area contributed by atoms with Crippen molar-refractivity contribution in [1.82, 2.24) is 4.98 Å². The van der Waals surface area contributed by atoms with Crippen molar-refractivity contribution in [1.29, 1.82) is 0 Å². The molecule has 2 aromatic carbocycles. The largest absolute Gasteiger partial charge is 0.488 e. The van der Waals surface area contributed by atoms with Crippen LogP contribution in [0.4, 0.5) is 11.4 Å². The van der Waals surface area contributed by atoms with E-state index in [1.54, 1.807) is 58.1 Å². The van der Waals surface area contributed by atoms with Gasteiger partial charge in [0.05, 0.1) is 87.4 Å². The quantitative estimate of drug-likeness (QED) is 0.0768. The van der Waals surface area contributed by atoms with E-state index in [4.69, 9.17) is 51.6 Å².